The van der Waals surface area contributed by atoms with Crippen molar-refractivity contribution in [3.8, 4) is 5.75 Å². The van der Waals surface area contributed by atoms with Gasteiger partial charge in [-0.25, -0.2) is 0 Å². The smallest absolute Gasteiger partial charge is 0.189 e. The number of hydrogen-bond donors (Lipinski definition) is 0. The first-order chi connectivity index (χ1) is 6.40. The van der Waals surface area contributed by atoms with Crippen LogP contribution < -0.4 is 4.74 Å². The highest BCUT2D eigenvalue weighted by Gasteiger charge is 2.09. The lowest BCUT2D eigenvalue weighted by Crippen LogP contribution is -2.11. The lowest BCUT2D eigenvalue weighted by atomic mass is 10.1. The molecule has 0 spiro atoms. The molecule has 3 heteroatoms. The summed E-state index contributed by atoms with van der Waals surface area (Å²) in [6.07, 6.45) is 1.35. The van der Waals surface area contributed by atoms with Crippen molar-refractivity contribution in [2.75, 3.05) is 6.79 Å². The molecule has 0 radical (unpaired) electrons. The number of rotatable bonds is 2. The van der Waals surface area contributed by atoms with Gasteiger partial charge in [-0.05, 0) is 17.7 Å². The Kier molecular flexibility index (Phi) is 2.27. The Balaban J connectivity index is 2.29. The summed E-state index contributed by atoms with van der Waals surface area (Å²) in [5.41, 5.74) is 2.02. The van der Waals surface area contributed by atoms with Crippen molar-refractivity contribution in [3.05, 3.63) is 29.3 Å². The van der Waals surface area contributed by atoms with Crippen molar-refractivity contribution < 1.29 is 14.3 Å². The van der Waals surface area contributed by atoms with Crippen molar-refractivity contribution in [1.29, 1.82) is 0 Å². The van der Waals surface area contributed by atoms with Crippen molar-refractivity contribution in [1.82, 2.24) is 0 Å². The van der Waals surface area contributed by atoms with Crippen LogP contribution in [0.4, 0.5) is 0 Å². The van der Waals surface area contributed by atoms with E-state index in [4.69, 9.17) is 9.47 Å². The largest absolute Gasteiger partial charge is 0.467 e. The summed E-state index contributed by atoms with van der Waals surface area (Å²) in [5, 5.41) is 0. The second-order valence-corrected chi connectivity index (χ2v) is 2.92. The number of fused-ring (bicyclic) bond motifs is 1. The summed E-state index contributed by atoms with van der Waals surface area (Å²) in [6.45, 7) is 0.891. The number of carbonyl (C=O) groups is 1. The number of ether oxygens (including phenoxy) is 2. The van der Waals surface area contributed by atoms with E-state index in [-0.39, 0.29) is 0 Å². The molecule has 0 atom stereocenters. The molecule has 0 aromatic heterocycles. The van der Waals surface area contributed by atoms with Gasteiger partial charge in [0.2, 0.25) is 0 Å². The van der Waals surface area contributed by atoms with E-state index in [1.54, 1.807) is 0 Å². The zero-order chi connectivity index (χ0) is 9.10. The maximum absolute atomic E-state index is 10.3. The van der Waals surface area contributed by atoms with Crippen LogP contribution in [0.1, 0.15) is 11.1 Å². The first-order valence-corrected chi connectivity index (χ1v) is 4.16. The van der Waals surface area contributed by atoms with Crippen LogP contribution in [0.3, 0.4) is 0 Å². The van der Waals surface area contributed by atoms with Gasteiger partial charge in [-0.15, -0.1) is 0 Å². The third kappa shape index (κ3) is 1.70. The van der Waals surface area contributed by atoms with E-state index in [0.717, 1.165) is 23.2 Å². The Labute approximate surface area is 76.3 Å². The Morgan fingerprint density at radius 3 is 3.23 bits per heavy atom. The highest BCUT2D eigenvalue weighted by molar-refractivity contribution is 5.55. The molecular formula is C10H10O3. The molecule has 0 saturated heterocycles. The summed E-state index contributed by atoms with van der Waals surface area (Å²) >= 11 is 0. The topological polar surface area (TPSA) is 35.5 Å². The van der Waals surface area contributed by atoms with Crippen LogP contribution >= 0.6 is 0 Å². The van der Waals surface area contributed by atoms with Gasteiger partial charge in [0.1, 0.15) is 12.0 Å². The van der Waals surface area contributed by atoms with Crippen LogP contribution in [0.25, 0.3) is 0 Å². The fourth-order valence-electron chi connectivity index (χ4n) is 1.37. The molecule has 0 unspecified atom stereocenters. The molecule has 1 aromatic rings. The predicted octanol–water partition coefficient (Wildman–Crippen LogP) is 1.29. The van der Waals surface area contributed by atoms with Gasteiger partial charge < -0.3 is 14.3 Å². The maximum Gasteiger partial charge on any atom is 0.189 e. The summed E-state index contributed by atoms with van der Waals surface area (Å²) in [6, 6.07) is 5.73. The molecule has 2 rings (SSSR count). The third-order valence-corrected chi connectivity index (χ3v) is 2.00. The van der Waals surface area contributed by atoms with Gasteiger partial charge in [0.25, 0.3) is 0 Å². The predicted molar refractivity (Wildman–Crippen MR) is 46.5 cm³/mol. The van der Waals surface area contributed by atoms with Crippen molar-refractivity contribution in [2.45, 2.75) is 13.0 Å². The molecule has 0 amide bonds. The Bertz CT molecular complexity index is 320. The normalized spacial score (nSPS) is 14.5. The van der Waals surface area contributed by atoms with Gasteiger partial charge >= 0.3 is 0 Å². The lowest BCUT2D eigenvalue weighted by molar-refractivity contribution is -0.107. The molecule has 0 bridgehead atoms. The van der Waals surface area contributed by atoms with Crippen LogP contribution in [-0.4, -0.2) is 13.1 Å². The average Bonchev–Trinajstić information content (AvgIpc) is 2.18. The highest BCUT2D eigenvalue weighted by Crippen LogP contribution is 2.24. The fraction of sp³-hybridized carbons (Fsp3) is 0.300. The average molecular weight is 178 g/mol. The van der Waals surface area contributed by atoms with Gasteiger partial charge in [-0.1, -0.05) is 6.07 Å². The zero-order valence-corrected chi connectivity index (χ0v) is 7.16. The minimum Gasteiger partial charge on any atom is -0.467 e. The maximum atomic E-state index is 10.3. The molecular weight excluding hydrogens is 168 g/mol. The van der Waals surface area contributed by atoms with Crippen LogP contribution in [0.15, 0.2) is 18.2 Å². The molecule has 13 heavy (non-hydrogen) atoms. The summed E-state index contributed by atoms with van der Waals surface area (Å²) in [5.74, 6) is 0.862. The first kappa shape index (κ1) is 8.26. The second kappa shape index (κ2) is 3.58. The number of aldehydes is 1. The Morgan fingerprint density at radius 1 is 1.46 bits per heavy atom. The standard InChI is InChI=1S/C10H10O3/c11-4-3-8-1-2-10-9(5-8)6-12-7-13-10/h1-2,4-5H,3,6-7H2. The minimum absolute atomic E-state index is 0.319. The van der Waals surface area contributed by atoms with Crippen molar-refractivity contribution in [3.63, 3.8) is 0 Å². The van der Waals surface area contributed by atoms with E-state index >= 15 is 0 Å². The lowest BCUT2D eigenvalue weighted by Gasteiger charge is -2.17. The molecule has 1 aromatic carbocycles. The number of hydrogen-bond acceptors (Lipinski definition) is 3. The van der Waals surface area contributed by atoms with E-state index in [0.29, 0.717) is 19.8 Å². The highest BCUT2D eigenvalue weighted by atomic mass is 16.7. The number of benzene rings is 1. The first-order valence-electron chi connectivity index (χ1n) is 4.16. The van der Waals surface area contributed by atoms with E-state index in [2.05, 4.69) is 0 Å². The Hall–Kier alpha value is -1.35. The van der Waals surface area contributed by atoms with Crippen LogP contribution in [-0.2, 0) is 22.6 Å². The van der Waals surface area contributed by atoms with E-state index in [1.165, 1.54) is 0 Å². The van der Waals surface area contributed by atoms with Gasteiger partial charge in [0.15, 0.2) is 6.79 Å². The third-order valence-electron chi connectivity index (χ3n) is 2.00. The molecule has 0 fully saturated rings. The quantitative estimate of drug-likeness (QED) is 0.640. The molecule has 0 N–H and O–H groups in total. The molecule has 0 aliphatic carbocycles. The molecule has 3 nitrogen and oxygen atoms in total. The van der Waals surface area contributed by atoms with Gasteiger partial charge in [0.05, 0.1) is 6.61 Å². The van der Waals surface area contributed by atoms with Crippen LogP contribution in [0.5, 0.6) is 5.75 Å². The van der Waals surface area contributed by atoms with Crippen molar-refractivity contribution in [2.24, 2.45) is 0 Å². The molecule has 1 heterocycles. The second-order valence-electron chi connectivity index (χ2n) is 2.92. The minimum atomic E-state index is 0.319. The Morgan fingerprint density at radius 2 is 2.38 bits per heavy atom. The molecule has 1 aliphatic heterocycles. The van der Waals surface area contributed by atoms with Gasteiger partial charge in [0, 0.05) is 12.0 Å². The molecule has 68 valence electrons. The molecule has 0 saturated carbocycles. The van der Waals surface area contributed by atoms with Crippen LogP contribution in [0.2, 0.25) is 0 Å². The summed E-state index contributed by atoms with van der Waals surface area (Å²) in [7, 11) is 0. The summed E-state index contributed by atoms with van der Waals surface area (Å²) in [4.78, 5) is 10.3. The van der Waals surface area contributed by atoms with Crippen molar-refractivity contribution >= 4 is 6.29 Å². The number of carbonyl (C=O) groups excluding carboxylic acids is 1. The van der Waals surface area contributed by atoms with E-state index in [9.17, 15) is 4.79 Å². The van der Waals surface area contributed by atoms with Gasteiger partial charge in [-0.2, -0.15) is 0 Å². The fourth-order valence-corrected chi connectivity index (χ4v) is 1.37. The van der Waals surface area contributed by atoms with E-state index in [1.807, 2.05) is 18.2 Å². The van der Waals surface area contributed by atoms with Gasteiger partial charge in [-0.3, -0.25) is 0 Å². The van der Waals surface area contributed by atoms with Crippen LogP contribution in [0, 0.1) is 0 Å². The van der Waals surface area contributed by atoms with E-state index < -0.39 is 0 Å². The SMILES string of the molecule is O=CCc1ccc2c(c1)COCO2. The molecule has 1 aliphatic rings. The zero-order valence-electron chi connectivity index (χ0n) is 7.16. The monoisotopic (exact) mass is 178 g/mol. The summed E-state index contributed by atoms with van der Waals surface area (Å²) < 4.78 is 10.4.